The number of rotatable bonds is 5. The van der Waals surface area contributed by atoms with Crippen LogP contribution in [0.25, 0.3) is 0 Å². The van der Waals surface area contributed by atoms with Gasteiger partial charge in [0.1, 0.15) is 0 Å². The zero-order chi connectivity index (χ0) is 17.6. The van der Waals surface area contributed by atoms with Crippen LogP contribution >= 0.6 is 11.6 Å². The van der Waals surface area contributed by atoms with Gasteiger partial charge in [-0.1, -0.05) is 66.2 Å². The molecule has 4 heteroatoms. The standard InChI is InChI=1S/C21H16ClNO2/c22-17-10-6-7-15(13-17)14-20(24)23-19-12-5-4-11-18(19)21(25)16-8-2-1-3-9-16/h1-13H,14H2,(H,23,24). The lowest BCUT2D eigenvalue weighted by Crippen LogP contribution is -2.17. The van der Waals surface area contributed by atoms with Crippen LogP contribution in [0.15, 0.2) is 78.9 Å². The Morgan fingerprint density at radius 1 is 0.840 bits per heavy atom. The predicted molar refractivity (Wildman–Crippen MR) is 100 cm³/mol. The largest absolute Gasteiger partial charge is 0.325 e. The summed E-state index contributed by atoms with van der Waals surface area (Å²) in [7, 11) is 0. The van der Waals surface area contributed by atoms with E-state index in [-0.39, 0.29) is 18.1 Å². The Hall–Kier alpha value is -2.91. The Bertz CT molecular complexity index is 907. The molecule has 0 bridgehead atoms. The summed E-state index contributed by atoms with van der Waals surface area (Å²) in [4.78, 5) is 25.0. The number of para-hydroxylation sites is 1. The van der Waals surface area contributed by atoms with Gasteiger partial charge >= 0.3 is 0 Å². The molecule has 0 aliphatic heterocycles. The van der Waals surface area contributed by atoms with Crippen LogP contribution < -0.4 is 5.32 Å². The van der Waals surface area contributed by atoms with Gasteiger partial charge in [0, 0.05) is 16.1 Å². The molecule has 1 N–H and O–H groups in total. The van der Waals surface area contributed by atoms with Crippen molar-refractivity contribution in [2.24, 2.45) is 0 Å². The molecule has 0 fully saturated rings. The Kier molecular flexibility index (Phi) is 5.26. The average molecular weight is 350 g/mol. The van der Waals surface area contributed by atoms with E-state index in [1.54, 1.807) is 54.6 Å². The van der Waals surface area contributed by atoms with Crippen molar-refractivity contribution in [2.45, 2.75) is 6.42 Å². The molecule has 0 unspecified atom stereocenters. The number of anilines is 1. The van der Waals surface area contributed by atoms with Gasteiger partial charge in [0.2, 0.25) is 5.91 Å². The number of ketones is 1. The van der Waals surface area contributed by atoms with Crippen LogP contribution in [0.4, 0.5) is 5.69 Å². The quantitative estimate of drug-likeness (QED) is 0.675. The fourth-order valence-corrected chi connectivity index (χ4v) is 2.77. The topological polar surface area (TPSA) is 46.2 Å². The van der Waals surface area contributed by atoms with Gasteiger partial charge < -0.3 is 5.32 Å². The summed E-state index contributed by atoms with van der Waals surface area (Å²) in [6.07, 6.45) is 0.189. The second kappa shape index (κ2) is 7.77. The van der Waals surface area contributed by atoms with Gasteiger partial charge in [0.05, 0.1) is 12.1 Å². The molecule has 0 radical (unpaired) electrons. The lowest BCUT2D eigenvalue weighted by Gasteiger charge is -2.11. The van der Waals surface area contributed by atoms with E-state index < -0.39 is 0 Å². The number of nitrogens with one attached hydrogen (secondary N) is 1. The van der Waals surface area contributed by atoms with Crippen molar-refractivity contribution in [2.75, 3.05) is 5.32 Å². The number of amides is 1. The highest BCUT2D eigenvalue weighted by Gasteiger charge is 2.15. The van der Waals surface area contributed by atoms with Crippen LogP contribution in [-0.2, 0) is 11.2 Å². The van der Waals surface area contributed by atoms with E-state index in [0.29, 0.717) is 21.8 Å². The first-order chi connectivity index (χ1) is 12.1. The van der Waals surface area contributed by atoms with Crippen molar-refractivity contribution in [3.63, 3.8) is 0 Å². The fraction of sp³-hybridized carbons (Fsp3) is 0.0476. The number of benzene rings is 3. The molecule has 0 heterocycles. The smallest absolute Gasteiger partial charge is 0.228 e. The Balaban J connectivity index is 1.79. The maximum atomic E-state index is 12.7. The number of carbonyl (C=O) groups excluding carboxylic acids is 2. The highest BCUT2D eigenvalue weighted by Crippen LogP contribution is 2.20. The van der Waals surface area contributed by atoms with Crippen molar-refractivity contribution in [3.8, 4) is 0 Å². The number of carbonyl (C=O) groups is 2. The molecule has 25 heavy (non-hydrogen) atoms. The Morgan fingerprint density at radius 3 is 2.32 bits per heavy atom. The first-order valence-corrected chi connectivity index (χ1v) is 8.24. The number of hydrogen-bond acceptors (Lipinski definition) is 2. The third kappa shape index (κ3) is 4.34. The molecule has 0 aromatic heterocycles. The normalized spacial score (nSPS) is 10.3. The van der Waals surface area contributed by atoms with Crippen LogP contribution in [0.1, 0.15) is 21.5 Å². The van der Waals surface area contributed by atoms with Gasteiger partial charge in [0.25, 0.3) is 0 Å². The zero-order valence-corrected chi connectivity index (χ0v) is 14.2. The van der Waals surface area contributed by atoms with Crippen molar-refractivity contribution in [3.05, 3.63) is 101 Å². The SMILES string of the molecule is O=C(Cc1cccc(Cl)c1)Nc1ccccc1C(=O)c1ccccc1. The number of halogens is 1. The monoisotopic (exact) mass is 349 g/mol. The Morgan fingerprint density at radius 2 is 1.56 bits per heavy atom. The number of hydrogen-bond donors (Lipinski definition) is 1. The van der Waals surface area contributed by atoms with Gasteiger partial charge in [-0.25, -0.2) is 0 Å². The summed E-state index contributed by atoms with van der Waals surface area (Å²) in [5.74, 6) is -0.324. The van der Waals surface area contributed by atoms with Crippen LogP contribution in [0, 0.1) is 0 Å². The van der Waals surface area contributed by atoms with Crippen LogP contribution in [0.5, 0.6) is 0 Å². The molecule has 0 aliphatic rings. The first kappa shape index (κ1) is 16.9. The molecule has 3 aromatic rings. The summed E-state index contributed by atoms with van der Waals surface area (Å²) in [5, 5.41) is 3.41. The lowest BCUT2D eigenvalue weighted by molar-refractivity contribution is -0.115. The second-order valence-corrected chi connectivity index (χ2v) is 6.03. The molecular formula is C21H16ClNO2. The average Bonchev–Trinajstić information content (AvgIpc) is 2.62. The lowest BCUT2D eigenvalue weighted by atomic mass is 10.0. The molecule has 0 spiro atoms. The van der Waals surface area contributed by atoms with Crippen molar-refractivity contribution in [1.29, 1.82) is 0 Å². The minimum Gasteiger partial charge on any atom is -0.325 e. The van der Waals surface area contributed by atoms with E-state index in [9.17, 15) is 9.59 Å². The van der Waals surface area contributed by atoms with Gasteiger partial charge in [-0.2, -0.15) is 0 Å². The molecule has 124 valence electrons. The van der Waals surface area contributed by atoms with Gasteiger partial charge in [-0.05, 0) is 29.8 Å². The fourth-order valence-electron chi connectivity index (χ4n) is 2.56. The molecule has 0 aliphatic carbocycles. The van der Waals surface area contributed by atoms with E-state index >= 15 is 0 Å². The highest BCUT2D eigenvalue weighted by atomic mass is 35.5. The van der Waals surface area contributed by atoms with E-state index in [2.05, 4.69) is 5.32 Å². The second-order valence-electron chi connectivity index (χ2n) is 5.60. The third-order valence-electron chi connectivity index (χ3n) is 3.74. The molecule has 1 amide bonds. The molecular weight excluding hydrogens is 334 g/mol. The van der Waals surface area contributed by atoms with E-state index in [1.807, 2.05) is 24.3 Å². The van der Waals surface area contributed by atoms with Crippen molar-refractivity contribution in [1.82, 2.24) is 0 Å². The summed E-state index contributed by atoms with van der Waals surface area (Å²) >= 11 is 5.95. The minimum atomic E-state index is -0.199. The summed E-state index contributed by atoms with van der Waals surface area (Å²) < 4.78 is 0. The molecule has 0 atom stereocenters. The van der Waals surface area contributed by atoms with Crippen molar-refractivity contribution >= 4 is 29.0 Å². The first-order valence-electron chi connectivity index (χ1n) is 7.86. The molecule has 0 saturated carbocycles. The van der Waals surface area contributed by atoms with Crippen LogP contribution in [0.3, 0.4) is 0 Å². The molecule has 3 aromatic carbocycles. The van der Waals surface area contributed by atoms with E-state index in [0.717, 1.165) is 5.56 Å². The maximum absolute atomic E-state index is 12.7. The van der Waals surface area contributed by atoms with E-state index in [4.69, 9.17) is 11.6 Å². The van der Waals surface area contributed by atoms with Gasteiger partial charge in [-0.3, -0.25) is 9.59 Å². The van der Waals surface area contributed by atoms with Crippen LogP contribution in [0.2, 0.25) is 5.02 Å². The summed E-state index contributed by atoms with van der Waals surface area (Å²) in [5.41, 5.74) is 2.37. The highest BCUT2D eigenvalue weighted by molar-refractivity contribution is 6.30. The molecule has 3 nitrogen and oxygen atoms in total. The van der Waals surface area contributed by atoms with Gasteiger partial charge in [-0.15, -0.1) is 0 Å². The summed E-state index contributed by atoms with van der Waals surface area (Å²) in [6.45, 7) is 0. The maximum Gasteiger partial charge on any atom is 0.228 e. The van der Waals surface area contributed by atoms with Crippen LogP contribution in [-0.4, -0.2) is 11.7 Å². The predicted octanol–water partition coefficient (Wildman–Crippen LogP) is 4.75. The minimum absolute atomic E-state index is 0.126. The van der Waals surface area contributed by atoms with Crippen molar-refractivity contribution < 1.29 is 9.59 Å². The van der Waals surface area contributed by atoms with Gasteiger partial charge in [0.15, 0.2) is 5.78 Å². The molecule has 0 saturated heterocycles. The third-order valence-corrected chi connectivity index (χ3v) is 3.97. The van der Waals surface area contributed by atoms with E-state index in [1.165, 1.54) is 0 Å². The Labute approximate surface area is 151 Å². The summed E-state index contributed by atoms with van der Waals surface area (Å²) in [6, 6.07) is 23.2. The zero-order valence-electron chi connectivity index (χ0n) is 13.4. The molecule has 3 rings (SSSR count).